The number of nitrogens with zero attached hydrogens (tertiary/aromatic N) is 2. The number of hydrogen-bond donors (Lipinski definition) is 2. The monoisotopic (exact) mass is 315 g/mol. The second-order valence-electron chi connectivity index (χ2n) is 4.40. The molecular formula is C15H13N3O5. The normalized spacial score (nSPS) is 10.4. The zero-order valence-electron chi connectivity index (χ0n) is 11.9. The molecule has 0 aliphatic heterocycles. The van der Waals surface area contributed by atoms with Gasteiger partial charge in [-0.2, -0.15) is 5.10 Å². The van der Waals surface area contributed by atoms with Crippen molar-refractivity contribution in [1.82, 2.24) is 5.43 Å². The molecule has 2 N–H and O–H groups in total. The molecule has 0 saturated carbocycles. The molecule has 0 atom stereocenters. The van der Waals surface area contributed by atoms with Crippen molar-refractivity contribution in [3.8, 4) is 11.5 Å². The van der Waals surface area contributed by atoms with E-state index in [9.17, 15) is 14.9 Å². The number of hydrogen-bond acceptors (Lipinski definition) is 6. The number of carbonyl (C=O) groups is 1. The average molecular weight is 315 g/mol. The van der Waals surface area contributed by atoms with Gasteiger partial charge in [-0.1, -0.05) is 12.1 Å². The summed E-state index contributed by atoms with van der Waals surface area (Å²) >= 11 is 0. The van der Waals surface area contributed by atoms with E-state index in [0.717, 1.165) is 0 Å². The highest BCUT2D eigenvalue weighted by Crippen LogP contribution is 2.25. The molecule has 0 bridgehead atoms. The van der Waals surface area contributed by atoms with Crippen LogP contribution in [0.15, 0.2) is 53.6 Å². The first kappa shape index (κ1) is 16.0. The van der Waals surface area contributed by atoms with Gasteiger partial charge >= 0.3 is 5.69 Å². The molecule has 118 valence electrons. The van der Waals surface area contributed by atoms with Crippen LogP contribution < -0.4 is 10.2 Å². The Morgan fingerprint density at radius 3 is 2.65 bits per heavy atom. The SMILES string of the molecule is O=C(COc1ccccc1[N+](=O)[O-])N/N=C\c1ccc(O)cc1. The van der Waals surface area contributed by atoms with Crippen LogP contribution in [0.2, 0.25) is 0 Å². The van der Waals surface area contributed by atoms with Gasteiger partial charge in [0.25, 0.3) is 5.91 Å². The minimum absolute atomic E-state index is 0.00941. The van der Waals surface area contributed by atoms with Gasteiger partial charge in [0, 0.05) is 6.07 Å². The van der Waals surface area contributed by atoms with E-state index < -0.39 is 17.4 Å². The zero-order valence-corrected chi connectivity index (χ0v) is 11.9. The van der Waals surface area contributed by atoms with E-state index in [1.807, 2.05) is 0 Å². The van der Waals surface area contributed by atoms with Crippen LogP contribution in [-0.2, 0) is 4.79 Å². The second-order valence-corrected chi connectivity index (χ2v) is 4.40. The third kappa shape index (κ3) is 4.81. The summed E-state index contributed by atoms with van der Waals surface area (Å²) in [7, 11) is 0. The number of amides is 1. The quantitative estimate of drug-likeness (QED) is 0.479. The van der Waals surface area contributed by atoms with Crippen molar-refractivity contribution < 1.29 is 19.6 Å². The van der Waals surface area contributed by atoms with Gasteiger partial charge in [0.1, 0.15) is 5.75 Å². The molecule has 0 heterocycles. The van der Waals surface area contributed by atoms with Crippen molar-refractivity contribution in [1.29, 1.82) is 0 Å². The van der Waals surface area contributed by atoms with Crippen LogP contribution in [-0.4, -0.2) is 28.8 Å². The molecule has 0 fully saturated rings. The lowest BCUT2D eigenvalue weighted by Crippen LogP contribution is -2.24. The van der Waals surface area contributed by atoms with Crippen molar-refractivity contribution in [2.75, 3.05) is 6.61 Å². The Hall–Kier alpha value is -3.42. The first-order chi connectivity index (χ1) is 11.1. The highest BCUT2D eigenvalue weighted by Gasteiger charge is 2.14. The van der Waals surface area contributed by atoms with Crippen LogP contribution in [0, 0.1) is 10.1 Å². The van der Waals surface area contributed by atoms with E-state index in [1.165, 1.54) is 36.5 Å². The topological polar surface area (TPSA) is 114 Å². The summed E-state index contributed by atoms with van der Waals surface area (Å²) in [6, 6.07) is 12.0. The summed E-state index contributed by atoms with van der Waals surface area (Å²) in [5.41, 5.74) is 2.71. The number of hydrazone groups is 1. The summed E-state index contributed by atoms with van der Waals surface area (Å²) in [5.74, 6) is -0.419. The minimum Gasteiger partial charge on any atom is -0.508 e. The fourth-order valence-corrected chi connectivity index (χ4v) is 1.64. The molecule has 2 rings (SSSR count). The second kappa shape index (κ2) is 7.55. The number of benzene rings is 2. The number of phenols is 1. The highest BCUT2D eigenvalue weighted by atomic mass is 16.6. The molecule has 2 aromatic carbocycles. The minimum atomic E-state index is -0.587. The molecule has 2 aromatic rings. The Balaban J connectivity index is 1.86. The molecule has 0 spiro atoms. The molecule has 0 aliphatic carbocycles. The van der Waals surface area contributed by atoms with Crippen LogP contribution in [0.5, 0.6) is 11.5 Å². The Kier molecular flexibility index (Phi) is 5.24. The number of phenolic OH excluding ortho intramolecular Hbond substituents is 1. The molecule has 0 aliphatic rings. The maximum absolute atomic E-state index is 11.6. The van der Waals surface area contributed by atoms with Crippen molar-refractivity contribution in [3.63, 3.8) is 0 Å². The number of aromatic hydroxyl groups is 1. The van der Waals surface area contributed by atoms with E-state index in [0.29, 0.717) is 5.56 Å². The van der Waals surface area contributed by atoms with Gasteiger partial charge in [-0.15, -0.1) is 0 Å². The van der Waals surface area contributed by atoms with Crippen molar-refractivity contribution in [2.24, 2.45) is 5.10 Å². The lowest BCUT2D eigenvalue weighted by Gasteiger charge is -2.05. The number of nitro benzene ring substituents is 1. The number of nitrogens with one attached hydrogen (secondary N) is 1. The lowest BCUT2D eigenvalue weighted by molar-refractivity contribution is -0.385. The smallest absolute Gasteiger partial charge is 0.310 e. The Labute approximate surface area is 131 Å². The van der Waals surface area contributed by atoms with Gasteiger partial charge < -0.3 is 9.84 Å². The predicted molar refractivity (Wildman–Crippen MR) is 82.4 cm³/mol. The summed E-state index contributed by atoms with van der Waals surface area (Å²) < 4.78 is 5.12. The number of nitro groups is 1. The largest absolute Gasteiger partial charge is 0.508 e. The highest BCUT2D eigenvalue weighted by molar-refractivity contribution is 5.83. The number of rotatable bonds is 6. The molecule has 8 heteroatoms. The lowest BCUT2D eigenvalue weighted by atomic mass is 10.2. The average Bonchev–Trinajstić information content (AvgIpc) is 2.55. The van der Waals surface area contributed by atoms with Crippen molar-refractivity contribution >= 4 is 17.8 Å². The molecule has 0 radical (unpaired) electrons. The van der Waals surface area contributed by atoms with Gasteiger partial charge in [0.05, 0.1) is 11.1 Å². The maximum Gasteiger partial charge on any atom is 0.310 e. The van der Waals surface area contributed by atoms with E-state index in [1.54, 1.807) is 18.2 Å². The van der Waals surface area contributed by atoms with E-state index >= 15 is 0 Å². The number of para-hydroxylation sites is 2. The van der Waals surface area contributed by atoms with Gasteiger partial charge in [-0.05, 0) is 35.9 Å². The van der Waals surface area contributed by atoms with Crippen molar-refractivity contribution in [2.45, 2.75) is 0 Å². The third-order valence-electron chi connectivity index (χ3n) is 2.72. The van der Waals surface area contributed by atoms with E-state index in [4.69, 9.17) is 9.84 Å². The van der Waals surface area contributed by atoms with Crippen LogP contribution >= 0.6 is 0 Å². The van der Waals surface area contributed by atoms with Crippen LogP contribution in [0.25, 0.3) is 0 Å². The van der Waals surface area contributed by atoms with Crippen LogP contribution in [0.3, 0.4) is 0 Å². The molecule has 0 saturated heterocycles. The van der Waals surface area contributed by atoms with E-state index in [2.05, 4.69) is 10.5 Å². The third-order valence-corrected chi connectivity index (χ3v) is 2.72. The zero-order chi connectivity index (χ0) is 16.7. The van der Waals surface area contributed by atoms with E-state index in [-0.39, 0.29) is 17.2 Å². The van der Waals surface area contributed by atoms with Gasteiger partial charge in [-0.3, -0.25) is 14.9 Å². The molecule has 0 aromatic heterocycles. The Morgan fingerprint density at radius 2 is 1.96 bits per heavy atom. The van der Waals surface area contributed by atoms with Gasteiger partial charge in [-0.25, -0.2) is 5.43 Å². The van der Waals surface area contributed by atoms with Crippen LogP contribution in [0.4, 0.5) is 5.69 Å². The first-order valence-corrected chi connectivity index (χ1v) is 6.53. The number of carbonyl (C=O) groups excluding carboxylic acids is 1. The molecule has 23 heavy (non-hydrogen) atoms. The maximum atomic E-state index is 11.6. The molecule has 1 amide bonds. The molecule has 8 nitrogen and oxygen atoms in total. The standard InChI is InChI=1S/C15H13N3O5/c19-12-7-5-11(6-8-12)9-16-17-15(20)10-23-14-4-2-1-3-13(14)18(21)22/h1-9,19H,10H2,(H,17,20)/b16-9-. The van der Waals surface area contributed by atoms with Crippen molar-refractivity contribution in [3.05, 3.63) is 64.2 Å². The first-order valence-electron chi connectivity index (χ1n) is 6.53. The summed E-state index contributed by atoms with van der Waals surface area (Å²) in [6.45, 7) is -0.405. The fourth-order valence-electron chi connectivity index (χ4n) is 1.64. The molecule has 0 unspecified atom stereocenters. The summed E-state index contributed by atoms with van der Waals surface area (Å²) in [5, 5.41) is 23.7. The predicted octanol–water partition coefficient (Wildman–Crippen LogP) is 1.83. The van der Waals surface area contributed by atoms with Crippen LogP contribution in [0.1, 0.15) is 5.56 Å². The fraction of sp³-hybridized carbons (Fsp3) is 0.0667. The Bertz CT molecular complexity index is 728. The van der Waals surface area contributed by atoms with Gasteiger partial charge in [0.15, 0.2) is 12.4 Å². The Morgan fingerprint density at radius 1 is 1.26 bits per heavy atom. The van der Waals surface area contributed by atoms with Gasteiger partial charge in [0.2, 0.25) is 0 Å². The summed E-state index contributed by atoms with van der Waals surface area (Å²) in [4.78, 5) is 21.8. The molecular weight excluding hydrogens is 302 g/mol. The number of ether oxygens (including phenoxy) is 1. The summed E-state index contributed by atoms with van der Waals surface area (Å²) in [6.07, 6.45) is 1.39.